The number of carbonyl (C=O) groups excluding carboxylic acids is 1. The van der Waals surface area contributed by atoms with Crippen molar-refractivity contribution in [2.24, 2.45) is 5.92 Å². The summed E-state index contributed by atoms with van der Waals surface area (Å²) in [6.07, 6.45) is 0.707. The van der Waals surface area contributed by atoms with E-state index in [1.54, 1.807) is 23.5 Å². The van der Waals surface area contributed by atoms with Gasteiger partial charge in [-0.1, -0.05) is 36.7 Å². The average molecular weight is 390 g/mol. The van der Waals surface area contributed by atoms with Gasteiger partial charge in [-0.25, -0.2) is 0 Å². The molecule has 0 radical (unpaired) electrons. The van der Waals surface area contributed by atoms with Gasteiger partial charge in [0.05, 0.1) is 6.04 Å². The third-order valence-corrected chi connectivity index (χ3v) is 5.18. The standard InChI is InChI=1S/C19H20ClN3O2S/c1-12(2)18(15-4-3-11-26-15)21-16(24)9-10-17-22-19(23-25-17)13-5-7-14(20)8-6-13/h3-8,11-12,18H,9-10H2,1-2H3,(H,21,24)/t18-/m1/s1. The fourth-order valence-electron chi connectivity index (χ4n) is 2.57. The maximum atomic E-state index is 12.3. The molecule has 0 spiro atoms. The second kappa shape index (κ2) is 8.47. The van der Waals surface area contributed by atoms with Gasteiger partial charge in [0.1, 0.15) is 0 Å². The van der Waals surface area contributed by atoms with Crippen LogP contribution in [0.25, 0.3) is 11.4 Å². The molecule has 7 heteroatoms. The Labute approximate surface area is 161 Å². The molecule has 0 aliphatic carbocycles. The van der Waals surface area contributed by atoms with Crippen LogP contribution in [0.15, 0.2) is 46.3 Å². The van der Waals surface area contributed by atoms with Crippen molar-refractivity contribution in [1.29, 1.82) is 0 Å². The molecular formula is C19H20ClN3O2S. The van der Waals surface area contributed by atoms with Crippen LogP contribution in [-0.2, 0) is 11.2 Å². The summed E-state index contributed by atoms with van der Waals surface area (Å²) < 4.78 is 5.25. The highest BCUT2D eigenvalue weighted by molar-refractivity contribution is 7.10. The van der Waals surface area contributed by atoms with Crippen molar-refractivity contribution in [1.82, 2.24) is 15.5 Å². The molecule has 0 bridgehead atoms. The van der Waals surface area contributed by atoms with Gasteiger partial charge in [-0.2, -0.15) is 4.98 Å². The Morgan fingerprint density at radius 1 is 1.27 bits per heavy atom. The van der Waals surface area contributed by atoms with E-state index in [1.807, 2.05) is 29.6 Å². The molecule has 3 aromatic rings. The van der Waals surface area contributed by atoms with Crippen LogP contribution >= 0.6 is 22.9 Å². The van der Waals surface area contributed by atoms with Crippen molar-refractivity contribution >= 4 is 28.8 Å². The number of aromatic nitrogens is 2. The Hall–Kier alpha value is -2.18. The van der Waals surface area contributed by atoms with E-state index in [0.717, 1.165) is 10.4 Å². The topological polar surface area (TPSA) is 68.0 Å². The highest BCUT2D eigenvalue weighted by atomic mass is 35.5. The first kappa shape index (κ1) is 18.6. The first-order chi connectivity index (χ1) is 12.5. The summed E-state index contributed by atoms with van der Waals surface area (Å²) in [6, 6.07) is 11.3. The molecule has 0 aliphatic rings. The van der Waals surface area contributed by atoms with Crippen LogP contribution in [0.3, 0.4) is 0 Å². The molecule has 0 aliphatic heterocycles. The second-order valence-electron chi connectivity index (χ2n) is 6.32. The molecule has 136 valence electrons. The van der Waals surface area contributed by atoms with E-state index in [0.29, 0.717) is 35.5 Å². The van der Waals surface area contributed by atoms with E-state index >= 15 is 0 Å². The average Bonchev–Trinajstić information content (AvgIpc) is 3.30. The molecule has 0 fully saturated rings. The lowest BCUT2D eigenvalue weighted by Crippen LogP contribution is -2.31. The Bertz CT molecular complexity index is 844. The van der Waals surface area contributed by atoms with E-state index in [2.05, 4.69) is 29.3 Å². The normalized spacial score (nSPS) is 12.3. The van der Waals surface area contributed by atoms with Crippen LogP contribution in [0.5, 0.6) is 0 Å². The number of benzene rings is 1. The van der Waals surface area contributed by atoms with E-state index in [1.165, 1.54) is 0 Å². The zero-order valence-electron chi connectivity index (χ0n) is 14.6. The fourth-order valence-corrected chi connectivity index (χ4v) is 3.65. The first-order valence-electron chi connectivity index (χ1n) is 8.44. The van der Waals surface area contributed by atoms with Crippen molar-refractivity contribution in [2.75, 3.05) is 0 Å². The number of amides is 1. The van der Waals surface area contributed by atoms with E-state index in [-0.39, 0.29) is 11.9 Å². The van der Waals surface area contributed by atoms with Crippen LogP contribution in [0, 0.1) is 5.92 Å². The van der Waals surface area contributed by atoms with Gasteiger partial charge in [0, 0.05) is 28.3 Å². The number of carbonyl (C=O) groups is 1. The lowest BCUT2D eigenvalue weighted by molar-refractivity contribution is -0.122. The molecule has 1 amide bonds. The molecule has 3 rings (SSSR count). The molecule has 2 heterocycles. The maximum absolute atomic E-state index is 12.3. The molecule has 1 N–H and O–H groups in total. The lowest BCUT2D eigenvalue weighted by atomic mass is 10.0. The van der Waals surface area contributed by atoms with Gasteiger partial charge in [0.15, 0.2) is 0 Å². The molecular weight excluding hydrogens is 370 g/mol. The summed E-state index contributed by atoms with van der Waals surface area (Å²) in [5.74, 6) is 1.24. The van der Waals surface area contributed by atoms with Gasteiger partial charge in [0.2, 0.25) is 17.6 Å². The largest absolute Gasteiger partial charge is 0.348 e. The molecule has 2 aromatic heterocycles. The van der Waals surface area contributed by atoms with Gasteiger partial charge in [-0.15, -0.1) is 11.3 Å². The Balaban J connectivity index is 1.57. The quantitative estimate of drug-likeness (QED) is 0.624. The van der Waals surface area contributed by atoms with Crippen molar-refractivity contribution in [3.05, 3.63) is 57.6 Å². The van der Waals surface area contributed by atoms with Gasteiger partial charge < -0.3 is 9.84 Å². The zero-order valence-corrected chi connectivity index (χ0v) is 16.2. The summed E-state index contributed by atoms with van der Waals surface area (Å²) in [5.41, 5.74) is 0.825. The highest BCUT2D eigenvalue weighted by Gasteiger charge is 2.19. The number of aryl methyl sites for hydroxylation is 1. The van der Waals surface area contributed by atoms with Gasteiger partial charge >= 0.3 is 0 Å². The summed E-state index contributed by atoms with van der Waals surface area (Å²) in [5, 5.41) is 9.74. The van der Waals surface area contributed by atoms with E-state index in [4.69, 9.17) is 16.1 Å². The summed E-state index contributed by atoms with van der Waals surface area (Å²) in [4.78, 5) is 17.8. The highest BCUT2D eigenvalue weighted by Crippen LogP contribution is 2.26. The number of hydrogen-bond donors (Lipinski definition) is 1. The number of halogens is 1. The third-order valence-electron chi connectivity index (χ3n) is 3.97. The van der Waals surface area contributed by atoms with Crippen LogP contribution in [0.1, 0.15) is 37.1 Å². The van der Waals surface area contributed by atoms with E-state index in [9.17, 15) is 4.79 Å². The minimum absolute atomic E-state index is 0.0230. The van der Waals surface area contributed by atoms with Crippen molar-refractivity contribution in [3.63, 3.8) is 0 Å². The number of nitrogens with zero attached hydrogens (tertiary/aromatic N) is 2. The zero-order chi connectivity index (χ0) is 18.5. The number of rotatable bonds is 7. The Morgan fingerprint density at radius 2 is 2.04 bits per heavy atom. The first-order valence-corrected chi connectivity index (χ1v) is 9.70. The number of hydrogen-bond acceptors (Lipinski definition) is 5. The summed E-state index contributed by atoms with van der Waals surface area (Å²) in [7, 11) is 0. The number of thiophene rings is 1. The lowest BCUT2D eigenvalue weighted by Gasteiger charge is -2.21. The minimum Gasteiger partial charge on any atom is -0.348 e. The van der Waals surface area contributed by atoms with Crippen LogP contribution in [-0.4, -0.2) is 16.0 Å². The molecule has 0 saturated heterocycles. The Kier molecular flexibility index (Phi) is 6.06. The van der Waals surface area contributed by atoms with Gasteiger partial charge in [-0.05, 0) is 41.6 Å². The fraction of sp³-hybridized carbons (Fsp3) is 0.316. The van der Waals surface area contributed by atoms with Gasteiger partial charge in [0.25, 0.3) is 0 Å². The summed E-state index contributed by atoms with van der Waals surface area (Å²) in [6.45, 7) is 4.20. The molecule has 0 unspecified atom stereocenters. The SMILES string of the molecule is CC(C)[C@@H](NC(=O)CCc1nc(-c2ccc(Cl)cc2)no1)c1cccs1. The molecule has 5 nitrogen and oxygen atoms in total. The van der Waals surface area contributed by atoms with Crippen molar-refractivity contribution in [3.8, 4) is 11.4 Å². The van der Waals surface area contributed by atoms with Crippen LogP contribution in [0.4, 0.5) is 0 Å². The number of nitrogens with one attached hydrogen (secondary N) is 1. The molecule has 0 saturated carbocycles. The van der Waals surface area contributed by atoms with Crippen molar-refractivity contribution < 1.29 is 9.32 Å². The maximum Gasteiger partial charge on any atom is 0.227 e. The third kappa shape index (κ3) is 4.71. The molecule has 26 heavy (non-hydrogen) atoms. The second-order valence-corrected chi connectivity index (χ2v) is 7.74. The van der Waals surface area contributed by atoms with Crippen molar-refractivity contribution in [2.45, 2.75) is 32.7 Å². The van der Waals surface area contributed by atoms with E-state index < -0.39 is 0 Å². The molecule has 1 aromatic carbocycles. The summed E-state index contributed by atoms with van der Waals surface area (Å²) >= 11 is 7.53. The predicted octanol–water partition coefficient (Wildman–Crippen LogP) is 4.90. The molecule has 1 atom stereocenters. The monoisotopic (exact) mass is 389 g/mol. The van der Waals surface area contributed by atoms with Gasteiger partial charge in [-0.3, -0.25) is 4.79 Å². The predicted molar refractivity (Wildman–Crippen MR) is 103 cm³/mol. The minimum atomic E-state index is -0.0247. The van der Waals surface area contributed by atoms with Crippen LogP contribution in [0.2, 0.25) is 5.02 Å². The Morgan fingerprint density at radius 3 is 2.69 bits per heavy atom. The van der Waals surface area contributed by atoms with Crippen LogP contribution < -0.4 is 5.32 Å². The smallest absolute Gasteiger partial charge is 0.227 e.